The van der Waals surface area contributed by atoms with Gasteiger partial charge in [0, 0.05) is 23.9 Å². The number of ether oxygens (including phenoxy) is 2. The van der Waals surface area contributed by atoms with E-state index in [0.29, 0.717) is 5.75 Å². The number of hydrogen-bond acceptors (Lipinski definition) is 7. The molecule has 4 rings (SSSR count). The molecule has 1 aromatic carbocycles. The van der Waals surface area contributed by atoms with Gasteiger partial charge >= 0.3 is 12.1 Å². The van der Waals surface area contributed by atoms with E-state index in [9.17, 15) is 24.3 Å². The van der Waals surface area contributed by atoms with E-state index in [1.807, 2.05) is 24.3 Å². The molecule has 5 atom stereocenters. The van der Waals surface area contributed by atoms with Crippen molar-refractivity contribution < 1.29 is 33.8 Å². The summed E-state index contributed by atoms with van der Waals surface area (Å²) < 4.78 is 11.7. The molecule has 3 N–H and O–H groups in total. The molecule has 2 aromatic rings. The fourth-order valence-corrected chi connectivity index (χ4v) is 5.29. The molecule has 1 saturated carbocycles. The highest BCUT2D eigenvalue weighted by molar-refractivity contribution is 5.96. The smallest absolute Gasteiger partial charge is 0.408 e. The van der Waals surface area contributed by atoms with Crippen LogP contribution in [0.5, 0.6) is 5.75 Å². The van der Waals surface area contributed by atoms with E-state index >= 15 is 0 Å². The third-order valence-corrected chi connectivity index (χ3v) is 7.55. The van der Waals surface area contributed by atoms with Crippen LogP contribution in [-0.2, 0) is 19.1 Å². The monoisotopic (exact) mass is 580 g/mol. The molecule has 1 aromatic heterocycles. The summed E-state index contributed by atoms with van der Waals surface area (Å²) >= 11 is 0. The largest absolute Gasteiger partial charge is 0.488 e. The number of carboxylic acids is 1. The molecule has 226 valence electrons. The molecule has 0 radical (unpaired) electrons. The molecule has 11 heteroatoms. The minimum absolute atomic E-state index is 0.0428. The molecular weight excluding hydrogens is 540 g/mol. The van der Waals surface area contributed by atoms with Crippen LogP contribution >= 0.6 is 0 Å². The first-order valence-electron chi connectivity index (χ1n) is 14.0. The minimum atomic E-state index is -1.47. The number of nitrogens with zero attached hydrogens (tertiary/aromatic N) is 2. The Labute approximate surface area is 245 Å². The number of benzene rings is 1. The van der Waals surface area contributed by atoms with E-state index in [1.54, 1.807) is 53.8 Å². The van der Waals surface area contributed by atoms with Crippen LogP contribution in [-0.4, -0.2) is 74.7 Å². The van der Waals surface area contributed by atoms with Gasteiger partial charge in [-0.15, -0.1) is 6.58 Å². The van der Waals surface area contributed by atoms with E-state index in [-0.39, 0.29) is 19.4 Å². The van der Waals surface area contributed by atoms with Crippen LogP contribution < -0.4 is 15.4 Å². The van der Waals surface area contributed by atoms with Gasteiger partial charge in [-0.3, -0.25) is 14.6 Å². The maximum atomic E-state index is 14.1. The summed E-state index contributed by atoms with van der Waals surface area (Å²) in [7, 11) is 0. The van der Waals surface area contributed by atoms with Crippen molar-refractivity contribution in [3.05, 3.63) is 49.2 Å². The van der Waals surface area contributed by atoms with Gasteiger partial charge < -0.3 is 30.1 Å². The number of carbonyl (C=O) groups is 4. The minimum Gasteiger partial charge on any atom is -0.488 e. The Hall–Kier alpha value is -4.15. The Bertz CT molecular complexity index is 1390. The number of para-hydroxylation sites is 1. The number of rotatable bonds is 8. The third kappa shape index (κ3) is 6.50. The highest BCUT2D eigenvalue weighted by Gasteiger charge is 2.61. The predicted molar refractivity (Wildman–Crippen MR) is 156 cm³/mol. The number of carbonyl (C=O) groups excluding carboxylic acids is 3. The van der Waals surface area contributed by atoms with E-state index < -0.39 is 64.5 Å². The average Bonchev–Trinajstić information content (AvgIpc) is 3.45. The molecule has 3 amide bonds. The zero-order chi connectivity index (χ0) is 31.0. The molecule has 2 fully saturated rings. The average molecular weight is 581 g/mol. The number of likely N-dealkylation sites (tertiary alicyclic amines) is 1. The summed E-state index contributed by atoms with van der Waals surface area (Å²) in [5.41, 5.74) is -2.26. The second-order valence-electron chi connectivity index (χ2n) is 13.1. The summed E-state index contributed by atoms with van der Waals surface area (Å²) in [6.07, 6.45) is 2.11. The Balaban J connectivity index is 1.64. The summed E-state index contributed by atoms with van der Waals surface area (Å²) in [4.78, 5) is 58.4. The number of hydrogen-bond donors (Lipinski definition) is 3. The van der Waals surface area contributed by atoms with Gasteiger partial charge in [0.25, 0.3) is 0 Å². The van der Waals surface area contributed by atoms with Crippen LogP contribution in [0.4, 0.5) is 4.79 Å². The molecule has 2 aliphatic rings. The molecule has 11 nitrogen and oxygen atoms in total. The highest BCUT2D eigenvalue weighted by Crippen LogP contribution is 2.45. The zero-order valence-electron chi connectivity index (χ0n) is 25.0. The van der Waals surface area contributed by atoms with Crippen molar-refractivity contribution >= 4 is 34.8 Å². The zero-order valence-corrected chi connectivity index (χ0v) is 25.0. The lowest BCUT2D eigenvalue weighted by atomic mass is 9.85. The predicted octanol–water partition coefficient (Wildman–Crippen LogP) is 3.67. The van der Waals surface area contributed by atoms with E-state index in [2.05, 4.69) is 22.2 Å². The van der Waals surface area contributed by atoms with Crippen molar-refractivity contribution in [1.29, 1.82) is 0 Å². The van der Waals surface area contributed by atoms with Gasteiger partial charge in [0.15, 0.2) is 0 Å². The normalized spacial score (nSPS) is 24.4. The SMILES string of the molecule is C=C[C@@H]1C[C@]1(NC(=O)C1C[C@@H](Oc2ccnc3ccccc23)CN1C(=O)[C@@H](NC(=O)OC(C)(C)C)C(C)(C)C)C(=O)O. The Kier molecular flexibility index (Phi) is 8.26. The van der Waals surface area contributed by atoms with Gasteiger partial charge in [0.05, 0.1) is 12.1 Å². The molecule has 42 heavy (non-hydrogen) atoms. The van der Waals surface area contributed by atoms with Crippen LogP contribution in [0.3, 0.4) is 0 Å². The van der Waals surface area contributed by atoms with Crippen LogP contribution in [0.1, 0.15) is 54.4 Å². The first-order valence-corrected chi connectivity index (χ1v) is 14.0. The van der Waals surface area contributed by atoms with Crippen molar-refractivity contribution in [3.63, 3.8) is 0 Å². The summed E-state index contributed by atoms with van der Waals surface area (Å²) in [6, 6.07) is 7.11. The Morgan fingerprint density at radius 1 is 1.14 bits per heavy atom. The standard InChI is InChI=1S/C31H40N4O7/c1-8-18-16-31(18,27(38)39)34-25(36)22-15-19(41-23-13-14-32-21-12-10-9-11-20(21)23)17-35(22)26(37)24(29(2,3)4)33-28(40)42-30(5,6)7/h8-14,18-19,22,24H,1,15-17H2,2-7H3,(H,33,40)(H,34,36)(H,38,39)/t18-,19-,22?,24-,31-/m1/s1. The van der Waals surface area contributed by atoms with Crippen molar-refractivity contribution in [1.82, 2.24) is 20.5 Å². The molecule has 1 unspecified atom stereocenters. The number of nitrogens with one attached hydrogen (secondary N) is 2. The van der Waals surface area contributed by atoms with E-state index in [1.165, 1.54) is 11.0 Å². The van der Waals surface area contributed by atoms with E-state index in [4.69, 9.17) is 9.47 Å². The van der Waals surface area contributed by atoms with Crippen molar-refractivity contribution in [2.75, 3.05) is 6.54 Å². The van der Waals surface area contributed by atoms with Crippen molar-refractivity contribution in [2.24, 2.45) is 11.3 Å². The maximum absolute atomic E-state index is 14.1. The lowest BCUT2D eigenvalue weighted by Gasteiger charge is -2.35. The van der Waals surface area contributed by atoms with Gasteiger partial charge in [0.1, 0.15) is 35.1 Å². The topological polar surface area (TPSA) is 147 Å². The van der Waals surface area contributed by atoms with Crippen LogP contribution in [0.25, 0.3) is 10.9 Å². The summed E-state index contributed by atoms with van der Waals surface area (Å²) in [5.74, 6) is -2.14. The first kappa shape index (κ1) is 30.8. The number of carboxylic acid groups (broad SMARTS) is 1. The van der Waals surface area contributed by atoms with Gasteiger partial charge in [0.2, 0.25) is 11.8 Å². The van der Waals surface area contributed by atoms with Crippen molar-refractivity contribution in [2.45, 2.75) is 83.7 Å². The molecule has 1 aliphatic carbocycles. The van der Waals surface area contributed by atoms with Crippen molar-refractivity contribution in [3.8, 4) is 5.75 Å². The maximum Gasteiger partial charge on any atom is 0.408 e. The molecule has 0 spiro atoms. The van der Waals surface area contributed by atoms with Gasteiger partial charge in [-0.05, 0) is 50.8 Å². The number of pyridine rings is 1. The van der Waals surface area contributed by atoms with Gasteiger partial charge in [-0.1, -0.05) is 39.0 Å². The number of alkyl carbamates (subject to hydrolysis) is 1. The summed E-state index contributed by atoms with van der Waals surface area (Å²) in [5, 5.41) is 16.0. The van der Waals surface area contributed by atoms with Crippen LogP contribution in [0, 0.1) is 11.3 Å². The highest BCUT2D eigenvalue weighted by atomic mass is 16.6. The van der Waals surface area contributed by atoms with Gasteiger partial charge in [-0.25, -0.2) is 9.59 Å². The molecule has 0 bridgehead atoms. The van der Waals surface area contributed by atoms with Gasteiger partial charge in [-0.2, -0.15) is 0 Å². The number of aromatic nitrogens is 1. The second kappa shape index (κ2) is 11.3. The molecule has 1 aliphatic heterocycles. The summed E-state index contributed by atoms with van der Waals surface area (Å²) in [6.45, 7) is 14.3. The number of fused-ring (bicyclic) bond motifs is 1. The van der Waals surface area contributed by atoms with E-state index in [0.717, 1.165) is 10.9 Å². The van der Waals surface area contributed by atoms with Crippen LogP contribution in [0.15, 0.2) is 49.2 Å². The number of amides is 3. The Morgan fingerprint density at radius 2 is 1.83 bits per heavy atom. The fraction of sp³-hybridized carbons (Fsp3) is 0.516. The lowest BCUT2D eigenvalue weighted by Crippen LogP contribution is -2.59. The second-order valence-corrected chi connectivity index (χ2v) is 13.1. The molecular formula is C31H40N4O7. The quantitative estimate of drug-likeness (QED) is 0.401. The first-order chi connectivity index (χ1) is 19.6. The molecule has 1 saturated heterocycles. The fourth-order valence-electron chi connectivity index (χ4n) is 5.29. The van der Waals surface area contributed by atoms with Crippen LogP contribution in [0.2, 0.25) is 0 Å². The Morgan fingerprint density at radius 3 is 2.43 bits per heavy atom. The molecule has 2 heterocycles. The third-order valence-electron chi connectivity index (χ3n) is 7.55. The lowest BCUT2D eigenvalue weighted by molar-refractivity contribution is -0.146. The number of aliphatic carboxylic acids is 1.